The minimum atomic E-state index is -1.68. The third-order valence-electron chi connectivity index (χ3n) is 1.60. The molecule has 0 heterocycles. The molecule has 8 heteroatoms. The van der Waals surface area contributed by atoms with Gasteiger partial charge < -0.3 is 18.9 Å². The zero-order chi connectivity index (χ0) is 14.7. The molecular formula is C11H13NO7. The summed E-state index contributed by atoms with van der Waals surface area (Å²) in [7, 11) is 0. The smallest absolute Gasteiger partial charge is 0.359 e. The zero-order valence-electron chi connectivity index (χ0n) is 10.5. The summed E-state index contributed by atoms with van der Waals surface area (Å²) in [5, 5.41) is 8.54. The van der Waals surface area contributed by atoms with Gasteiger partial charge in [0.25, 0.3) is 12.6 Å². The highest BCUT2D eigenvalue weighted by atomic mass is 16.6. The number of nitriles is 1. The maximum absolute atomic E-state index is 11.4. The summed E-state index contributed by atoms with van der Waals surface area (Å²) in [6, 6.07) is 1.48. The van der Waals surface area contributed by atoms with Crippen LogP contribution in [0.2, 0.25) is 0 Å². The van der Waals surface area contributed by atoms with Crippen molar-refractivity contribution in [3.8, 4) is 6.07 Å². The topological polar surface area (TPSA) is 112 Å². The van der Waals surface area contributed by atoms with Gasteiger partial charge >= 0.3 is 11.9 Å². The van der Waals surface area contributed by atoms with Crippen molar-refractivity contribution in [2.24, 2.45) is 0 Å². The van der Waals surface area contributed by atoms with Gasteiger partial charge in [0.05, 0.1) is 13.2 Å². The molecule has 19 heavy (non-hydrogen) atoms. The average Bonchev–Trinajstić information content (AvgIpc) is 2.38. The fourth-order valence-electron chi connectivity index (χ4n) is 0.905. The van der Waals surface area contributed by atoms with Crippen molar-refractivity contribution in [1.29, 1.82) is 5.26 Å². The van der Waals surface area contributed by atoms with Crippen molar-refractivity contribution in [3.05, 3.63) is 12.0 Å². The molecule has 0 atom stereocenters. The second kappa shape index (κ2) is 9.47. The Labute approximate surface area is 109 Å². The van der Waals surface area contributed by atoms with Gasteiger partial charge in [0, 0.05) is 0 Å². The van der Waals surface area contributed by atoms with Gasteiger partial charge in [-0.25, -0.2) is 9.59 Å². The molecular weight excluding hydrogens is 258 g/mol. The van der Waals surface area contributed by atoms with Gasteiger partial charge in [0.2, 0.25) is 5.76 Å². The third-order valence-corrected chi connectivity index (χ3v) is 1.60. The molecule has 0 aromatic carbocycles. The molecule has 0 N–H and O–H groups in total. The van der Waals surface area contributed by atoms with E-state index in [1.807, 2.05) is 0 Å². The normalized spacial score (nSPS) is 10.3. The number of ether oxygens (including phenoxy) is 4. The van der Waals surface area contributed by atoms with E-state index in [0.29, 0.717) is 6.26 Å². The van der Waals surface area contributed by atoms with Crippen LogP contribution in [0.3, 0.4) is 0 Å². The van der Waals surface area contributed by atoms with Gasteiger partial charge in [-0.1, -0.05) is 0 Å². The van der Waals surface area contributed by atoms with Crippen molar-refractivity contribution in [2.45, 2.75) is 20.0 Å². The summed E-state index contributed by atoms with van der Waals surface area (Å²) < 4.78 is 18.2. The first-order chi connectivity index (χ1) is 9.10. The van der Waals surface area contributed by atoms with Crippen LogP contribution in [0.25, 0.3) is 0 Å². The zero-order valence-corrected chi connectivity index (χ0v) is 10.5. The summed E-state index contributed by atoms with van der Waals surface area (Å²) in [6.07, 6.45) is -1.02. The Morgan fingerprint density at radius 3 is 2.11 bits per heavy atom. The van der Waals surface area contributed by atoms with E-state index in [1.54, 1.807) is 13.8 Å². The summed E-state index contributed by atoms with van der Waals surface area (Å²) in [6.45, 7) is 3.18. The van der Waals surface area contributed by atoms with Crippen molar-refractivity contribution < 1.29 is 33.3 Å². The largest absolute Gasteiger partial charge is 0.470 e. The SMILES string of the molecule is CCOC(=O)C(OC=C(C#N)OC=O)C(=O)OCC. The minimum absolute atomic E-state index is 0.00213. The van der Waals surface area contributed by atoms with Crippen molar-refractivity contribution >= 4 is 18.4 Å². The number of rotatable bonds is 8. The van der Waals surface area contributed by atoms with E-state index >= 15 is 0 Å². The standard InChI is InChI=1S/C11H13NO7/c1-3-16-10(14)9(11(15)17-4-2)18-6-8(5-12)19-7-13/h6-7,9H,3-4H2,1-2H3. The van der Waals surface area contributed by atoms with Crippen LogP contribution in [0, 0.1) is 11.3 Å². The highest BCUT2D eigenvalue weighted by molar-refractivity contribution is 5.98. The predicted octanol–water partition coefficient (Wildman–Crippen LogP) is 0.0358. The van der Waals surface area contributed by atoms with Gasteiger partial charge in [-0.3, -0.25) is 4.79 Å². The predicted molar refractivity (Wildman–Crippen MR) is 59.0 cm³/mol. The lowest BCUT2D eigenvalue weighted by Crippen LogP contribution is -2.35. The molecule has 0 rings (SSSR count). The van der Waals surface area contributed by atoms with Crippen LogP contribution >= 0.6 is 0 Å². The molecule has 104 valence electrons. The summed E-state index contributed by atoms with van der Waals surface area (Å²) in [5.41, 5.74) is 0. The van der Waals surface area contributed by atoms with Gasteiger partial charge in [-0.2, -0.15) is 5.26 Å². The Bertz CT molecular complexity index is 378. The molecule has 0 amide bonds. The monoisotopic (exact) mass is 271 g/mol. The first-order valence-corrected chi connectivity index (χ1v) is 5.29. The van der Waals surface area contributed by atoms with Crippen LogP contribution in [0.4, 0.5) is 0 Å². The number of nitrogens with zero attached hydrogens (tertiary/aromatic N) is 1. The van der Waals surface area contributed by atoms with E-state index in [4.69, 9.17) is 10.00 Å². The molecule has 0 fully saturated rings. The Hall–Kier alpha value is -2.56. The number of allylic oxidation sites excluding steroid dienone is 1. The second-order valence-corrected chi connectivity index (χ2v) is 2.83. The molecule has 0 bridgehead atoms. The van der Waals surface area contributed by atoms with E-state index in [0.717, 1.165) is 0 Å². The van der Waals surface area contributed by atoms with Crippen LogP contribution < -0.4 is 0 Å². The quantitative estimate of drug-likeness (QED) is 0.152. The lowest BCUT2D eigenvalue weighted by atomic mass is 10.3. The van der Waals surface area contributed by atoms with Crippen LogP contribution in [-0.2, 0) is 33.3 Å². The number of hydrogen-bond acceptors (Lipinski definition) is 8. The number of carbonyl (C=O) groups excluding carboxylic acids is 3. The molecule has 0 saturated carbocycles. The molecule has 0 aromatic heterocycles. The van der Waals surface area contributed by atoms with E-state index in [-0.39, 0.29) is 19.7 Å². The Balaban J connectivity index is 4.85. The average molecular weight is 271 g/mol. The number of carbonyl (C=O) groups is 3. The lowest BCUT2D eigenvalue weighted by molar-refractivity contribution is -0.168. The molecule has 0 aliphatic heterocycles. The Morgan fingerprint density at radius 2 is 1.74 bits per heavy atom. The number of esters is 2. The van der Waals surface area contributed by atoms with Gasteiger partial charge in [-0.05, 0) is 13.8 Å². The Morgan fingerprint density at radius 1 is 1.21 bits per heavy atom. The highest BCUT2D eigenvalue weighted by Crippen LogP contribution is 2.04. The minimum Gasteiger partial charge on any atom is -0.470 e. The summed E-state index contributed by atoms with van der Waals surface area (Å²) in [5.74, 6) is -2.46. The van der Waals surface area contributed by atoms with E-state index in [9.17, 15) is 14.4 Å². The maximum atomic E-state index is 11.4. The van der Waals surface area contributed by atoms with Crippen LogP contribution in [0.1, 0.15) is 13.8 Å². The van der Waals surface area contributed by atoms with Crippen LogP contribution in [0.5, 0.6) is 0 Å². The molecule has 8 nitrogen and oxygen atoms in total. The molecule has 0 aromatic rings. The number of hydrogen-bond donors (Lipinski definition) is 0. The third kappa shape index (κ3) is 6.07. The molecule has 0 unspecified atom stereocenters. The first kappa shape index (κ1) is 16.4. The van der Waals surface area contributed by atoms with Gasteiger partial charge in [0.15, 0.2) is 0 Å². The van der Waals surface area contributed by atoms with E-state index in [2.05, 4.69) is 14.2 Å². The molecule has 0 spiro atoms. The Kier molecular flexibility index (Phi) is 8.19. The van der Waals surface area contributed by atoms with Crippen LogP contribution in [0.15, 0.2) is 12.0 Å². The second-order valence-electron chi connectivity index (χ2n) is 2.83. The van der Waals surface area contributed by atoms with Crippen molar-refractivity contribution in [3.63, 3.8) is 0 Å². The highest BCUT2D eigenvalue weighted by Gasteiger charge is 2.31. The summed E-state index contributed by atoms with van der Waals surface area (Å²) >= 11 is 0. The van der Waals surface area contributed by atoms with E-state index < -0.39 is 23.8 Å². The first-order valence-electron chi connectivity index (χ1n) is 5.29. The van der Waals surface area contributed by atoms with Gasteiger partial charge in [-0.15, -0.1) is 0 Å². The van der Waals surface area contributed by atoms with Crippen molar-refractivity contribution in [1.82, 2.24) is 0 Å². The molecule has 0 aliphatic carbocycles. The summed E-state index contributed by atoms with van der Waals surface area (Å²) in [4.78, 5) is 32.9. The fourth-order valence-corrected chi connectivity index (χ4v) is 0.905. The lowest BCUT2D eigenvalue weighted by Gasteiger charge is -2.13. The van der Waals surface area contributed by atoms with Crippen molar-refractivity contribution in [2.75, 3.05) is 13.2 Å². The fraction of sp³-hybridized carbons (Fsp3) is 0.455. The maximum Gasteiger partial charge on any atom is 0.359 e. The molecule has 0 saturated heterocycles. The van der Waals surface area contributed by atoms with Gasteiger partial charge in [0.1, 0.15) is 12.3 Å². The van der Waals surface area contributed by atoms with E-state index in [1.165, 1.54) is 6.07 Å². The van der Waals surface area contributed by atoms with Crippen LogP contribution in [-0.4, -0.2) is 37.7 Å². The molecule has 0 radical (unpaired) electrons. The molecule has 0 aliphatic rings.